The van der Waals surface area contributed by atoms with Gasteiger partial charge in [-0.25, -0.2) is 15.0 Å². The number of carbonyl (C=O) groups is 1. The number of anilines is 2. The van der Waals surface area contributed by atoms with E-state index in [0.29, 0.717) is 42.3 Å². The van der Waals surface area contributed by atoms with Crippen LogP contribution >= 0.6 is 11.3 Å². The summed E-state index contributed by atoms with van der Waals surface area (Å²) in [4.78, 5) is 25.6. The maximum Gasteiger partial charge on any atom is 0.306 e. The number of carboxylic acid groups (broad SMARTS) is 1. The largest absolute Gasteiger partial charge is 0.491 e. The van der Waals surface area contributed by atoms with E-state index in [1.807, 2.05) is 45.0 Å². The number of aliphatic carboxylic acids is 1. The number of nitrogens with one attached hydrogen (secondary N) is 1. The van der Waals surface area contributed by atoms with Gasteiger partial charge in [-0.1, -0.05) is 0 Å². The van der Waals surface area contributed by atoms with Gasteiger partial charge in [0.05, 0.1) is 22.6 Å². The van der Waals surface area contributed by atoms with Crippen molar-refractivity contribution in [3.8, 4) is 16.3 Å². The van der Waals surface area contributed by atoms with E-state index in [0.717, 1.165) is 21.9 Å². The summed E-state index contributed by atoms with van der Waals surface area (Å²) < 4.78 is 5.74. The number of carboxylic acids is 1. The molecule has 1 saturated carbocycles. The molecule has 33 heavy (non-hydrogen) atoms. The second-order valence-electron chi connectivity index (χ2n) is 8.76. The molecule has 0 amide bonds. The van der Waals surface area contributed by atoms with Crippen LogP contribution in [0.15, 0.2) is 36.7 Å². The van der Waals surface area contributed by atoms with Crippen LogP contribution in [0.2, 0.25) is 0 Å². The summed E-state index contributed by atoms with van der Waals surface area (Å²) in [6.45, 7) is 5.93. The molecule has 3 N–H and O–H groups in total. The smallest absolute Gasteiger partial charge is 0.306 e. The van der Waals surface area contributed by atoms with Crippen LogP contribution in [0.25, 0.3) is 10.6 Å². The Morgan fingerprint density at radius 1 is 1.21 bits per heavy atom. The van der Waals surface area contributed by atoms with Crippen LogP contribution in [0.5, 0.6) is 5.75 Å². The number of rotatable bonds is 7. The fourth-order valence-corrected chi connectivity index (χ4v) is 5.00. The second-order valence-corrected chi connectivity index (χ2v) is 9.79. The zero-order valence-corrected chi connectivity index (χ0v) is 19.7. The van der Waals surface area contributed by atoms with Crippen LogP contribution in [0.1, 0.15) is 50.1 Å². The van der Waals surface area contributed by atoms with E-state index in [1.54, 1.807) is 12.4 Å². The standard InChI is InChI=1S/C24H28N4O4S/c1-14(2)32-17-6-9-25-20(12-17)28-21-11-15(3)10-18(27-21)19-13-26-23(33-19)24(31)7-4-16(5-8-24)22(29)30/h6,9-14,16,31H,4-5,7-8H2,1-3H3,(H,29,30)(H,25,27,28). The highest BCUT2D eigenvalue weighted by atomic mass is 32.1. The lowest BCUT2D eigenvalue weighted by Crippen LogP contribution is -2.33. The molecule has 0 unspecified atom stereocenters. The van der Waals surface area contributed by atoms with Gasteiger partial charge in [0.25, 0.3) is 0 Å². The predicted molar refractivity (Wildman–Crippen MR) is 127 cm³/mol. The van der Waals surface area contributed by atoms with Crippen molar-refractivity contribution in [3.05, 3.63) is 47.2 Å². The Hall–Kier alpha value is -3.04. The number of aromatic nitrogens is 3. The number of hydrogen-bond donors (Lipinski definition) is 3. The van der Waals surface area contributed by atoms with E-state index in [1.165, 1.54) is 11.3 Å². The van der Waals surface area contributed by atoms with Gasteiger partial charge in [-0.05, 0) is 70.2 Å². The molecule has 1 fully saturated rings. The number of pyridine rings is 2. The van der Waals surface area contributed by atoms with Gasteiger partial charge in [0.1, 0.15) is 28.0 Å². The highest BCUT2D eigenvalue weighted by Crippen LogP contribution is 2.42. The summed E-state index contributed by atoms with van der Waals surface area (Å²) in [6, 6.07) is 7.55. The first-order valence-corrected chi connectivity index (χ1v) is 11.8. The molecule has 0 aliphatic heterocycles. The van der Waals surface area contributed by atoms with Crippen LogP contribution in [-0.2, 0) is 10.4 Å². The average molecular weight is 469 g/mol. The highest BCUT2D eigenvalue weighted by molar-refractivity contribution is 7.15. The predicted octanol–water partition coefficient (Wildman–Crippen LogP) is 4.90. The lowest BCUT2D eigenvalue weighted by Gasteiger charge is -2.32. The number of aryl methyl sites for hydroxylation is 1. The van der Waals surface area contributed by atoms with Gasteiger partial charge in [-0.15, -0.1) is 11.3 Å². The van der Waals surface area contributed by atoms with E-state index in [9.17, 15) is 15.0 Å². The van der Waals surface area contributed by atoms with E-state index in [2.05, 4.69) is 15.3 Å². The van der Waals surface area contributed by atoms with E-state index >= 15 is 0 Å². The highest BCUT2D eigenvalue weighted by Gasteiger charge is 2.39. The molecule has 0 spiro atoms. The van der Waals surface area contributed by atoms with Crippen LogP contribution in [0.4, 0.5) is 11.6 Å². The number of hydrogen-bond acceptors (Lipinski definition) is 8. The first-order valence-electron chi connectivity index (χ1n) is 11.0. The number of ether oxygens (including phenoxy) is 1. The summed E-state index contributed by atoms with van der Waals surface area (Å²) in [5, 5.41) is 24.2. The Balaban J connectivity index is 1.53. The Morgan fingerprint density at radius 3 is 2.67 bits per heavy atom. The summed E-state index contributed by atoms with van der Waals surface area (Å²) in [5.74, 6) is 0.821. The molecule has 9 heteroatoms. The second kappa shape index (κ2) is 9.44. The SMILES string of the molecule is Cc1cc(Nc2cc(OC(C)C)ccn2)nc(-c2cnc(C3(O)CCC(C(=O)O)CC3)s2)c1. The molecule has 0 saturated heterocycles. The molecule has 0 atom stereocenters. The molecule has 0 bridgehead atoms. The van der Waals surface area contributed by atoms with Gasteiger partial charge < -0.3 is 20.3 Å². The van der Waals surface area contributed by atoms with Crippen molar-refractivity contribution in [2.24, 2.45) is 5.92 Å². The van der Waals surface area contributed by atoms with Crippen molar-refractivity contribution < 1.29 is 19.7 Å². The van der Waals surface area contributed by atoms with Crippen molar-refractivity contribution in [1.82, 2.24) is 15.0 Å². The maximum absolute atomic E-state index is 11.2. The Morgan fingerprint density at radius 2 is 1.97 bits per heavy atom. The maximum atomic E-state index is 11.2. The summed E-state index contributed by atoms with van der Waals surface area (Å²) >= 11 is 1.40. The monoisotopic (exact) mass is 468 g/mol. The van der Waals surface area contributed by atoms with Gasteiger partial charge in [-0.3, -0.25) is 4.79 Å². The van der Waals surface area contributed by atoms with E-state index < -0.39 is 17.5 Å². The Labute approximate surface area is 196 Å². The molecule has 0 radical (unpaired) electrons. The third-order valence-corrected chi connectivity index (χ3v) is 6.86. The average Bonchev–Trinajstić information content (AvgIpc) is 3.25. The zero-order chi connectivity index (χ0) is 23.6. The Bertz CT molecular complexity index is 1140. The van der Waals surface area contributed by atoms with Gasteiger partial charge in [0.15, 0.2) is 0 Å². The molecular formula is C24H28N4O4S. The fraction of sp³-hybridized carbons (Fsp3) is 0.417. The van der Waals surface area contributed by atoms with Crippen molar-refractivity contribution in [3.63, 3.8) is 0 Å². The normalized spacial score (nSPS) is 20.6. The molecule has 174 valence electrons. The van der Waals surface area contributed by atoms with Gasteiger partial charge >= 0.3 is 5.97 Å². The summed E-state index contributed by atoms with van der Waals surface area (Å²) in [6.07, 6.45) is 5.16. The van der Waals surface area contributed by atoms with Crippen molar-refractivity contribution in [1.29, 1.82) is 0 Å². The molecule has 1 aliphatic carbocycles. The van der Waals surface area contributed by atoms with Gasteiger partial charge in [0, 0.05) is 18.5 Å². The third-order valence-electron chi connectivity index (χ3n) is 5.65. The van der Waals surface area contributed by atoms with Crippen LogP contribution in [0, 0.1) is 12.8 Å². The molecule has 4 rings (SSSR count). The van der Waals surface area contributed by atoms with Crippen LogP contribution in [-0.4, -0.2) is 37.2 Å². The number of thiazole rings is 1. The molecule has 3 aromatic heterocycles. The van der Waals surface area contributed by atoms with Crippen LogP contribution < -0.4 is 10.1 Å². The molecule has 0 aromatic carbocycles. The first-order chi connectivity index (χ1) is 15.7. The minimum Gasteiger partial charge on any atom is -0.491 e. The van der Waals surface area contributed by atoms with Crippen molar-refractivity contribution in [2.75, 3.05) is 5.32 Å². The quantitative estimate of drug-likeness (QED) is 0.448. The first kappa shape index (κ1) is 23.1. The minimum absolute atomic E-state index is 0.0680. The number of aliphatic hydroxyl groups is 1. The molecule has 8 nitrogen and oxygen atoms in total. The van der Waals surface area contributed by atoms with Crippen molar-refractivity contribution in [2.45, 2.75) is 58.2 Å². The lowest BCUT2D eigenvalue weighted by molar-refractivity contribution is -0.145. The molecule has 3 heterocycles. The lowest BCUT2D eigenvalue weighted by atomic mass is 9.79. The third kappa shape index (κ3) is 5.48. The van der Waals surface area contributed by atoms with Crippen molar-refractivity contribution >= 4 is 28.9 Å². The summed E-state index contributed by atoms with van der Waals surface area (Å²) in [7, 11) is 0. The minimum atomic E-state index is -1.08. The molecule has 1 aliphatic rings. The summed E-state index contributed by atoms with van der Waals surface area (Å²) in [5.41, 5.74) is 0.687. The fourth-order valence-electron chi connectivity index (χ4n) is 3.98. The van der Waals surface area contributed by atoms with E-state index in [4.69, 9.17) is 9.72 Å². The number of nitrogens with zero attached hydrogens (tertiary/aromatic N) is 3. The van der Waals surface area contributed by atoms with Crippen LogP contribution in [0.3, 0.4) is 0 Å². The van der Waals surface area contributed by atoms with Gasteiger partial charge in [0.2, 0.25) is 0 Å². The van der Waals surface area contributed by atoms with E-state index in [-0.39, 0.29) is 6.10 Å². The topological polar surface area (TPSA) is 117 Å². The zero-order valence-electron chi connectivity index (χ0n) is 18.9. The molecular weight excluding hydrogens is 440 g/mol. The Kier molecular flexibility index (Phi) is 6.62. The van der Waals surface area contributed by atoms with Gasteiger partial charge in [-0.2, -0.15) is 0 Å². The molecule has 3 aromatic rings.